The van der Waals surface area contributed by atoms with Gasteiger partial charge in [0.2, 0.25) is 0 Å². The Morgan fingerprint density at radius 1 is 0.471 bits per heavy atom. The minimum absolute atomic E-state index is 1.07. The Bertz CT molecular complexity index is 146. The molecule has 0 bridgehead atoms. The molecular weight excluding hydrogens is 204 g/mol. The first-order valence-electron chi connectivity index (χ1n) is 7.65. The molecule has 100 valence electrons. The second-order valence-electron chi connectivity index (χ2n) is 4.94. The summed E-state index contributed by atoms with van der Waals surface area (Å²) < 4.78 is 0. The molecular formula is C17H32. The maximum absolute atomic E-state index is 3.87. The van der Waals surface area contributed by atoms with Crippen LogP contribution in [0.2, 0.25) is 0 Å². The van der Waals surface area contributed by atoms with E-state index in [1.54, 1.807) is 0 Å². The lowest BCUT2D eigenvalue weighted by Gasteiger charge is -2.00. The van der Waals surface area contributed by atoms with Gasteiger partial charge < -0.3 is 0 Å². The number of hydrogen-bond donors (Lipinski definition) is 0. The van der Waals surface area contributed by atoms with Crippen molar-refractivity contribution < 1.29 is 0 Å². The van der Waals surface area contributed by atoms with Gasteiger partial charge in [-0.05, 0) is 25.7 Å². The minimum atomic E-state index is 1.07. The van der Waals surface area contributed by atoms with Crippen molar-refractivity contribution in [3.8, 4) is 0 Å². The predicted octanol–water partition coefficient (Wildman–Crippen LogP) is 6.28. The molecule has 0 aromatic rings. The lowest BCUT2D eigenvalue weighted by Crippen LogP contribution is -1.80. The minimum Gasteiger partial charge on any atom is -0.0885 e. The summed E-state index contributed by atoms with van der Waals surface area (Å²) in [5.41, 5.74) is 0. The van der Waals surface area contributed by atoms with E-state index in [1.165, 1.54) is 70.6 Å². The largest absolute Gasteiger partial charge is 0.0885 e. The van der Waals surface area contributed by atoms with E-state index in [9.17, 15) is 0 Å². The summed E-state index contributed by atoms with van der Waals surface area (Å²) in [4.78, 5) is 0. The van der Waals surface area contributed by atoms with Gasteiger partial charge in [0.15, 0.2) is 0 Å². The van der Waals surface area contributed by atoms with Crippen LogP contribution in [0.25, 0.3) is 0 Å². The first-order valence-corrected chi connectivity index (χ1v) is 7.65. The van der Waals surface area contributed by atoms with E-state index < -0.39 is 0 Å². The van der Waals surface area contributed by atoms with E-state index in [0.717, 1.165) is 12.8 Å². The van der Waals surface area contributed by atoms with Crippen molar-refractivity contribution in [1.29, 1.82) is 0 Å². The lowest BCUT2D eigenvalue weighted by molar-refractivity contribution is 0.571. The van der Waals surface area contributed by atoms with Crippen molar-refractivity contribution in [1.82, 2.24) is 0 Å². The SMILES string of the molecule is [CH2]CCC/C=C/CCCCCCCCCC[CH2]. The van der Waals surface area contributed by atoms with Crippen molar-refractivity contribution >= 4 is 0 Å². The molecule has 17 heavy (non-hydrogen) atoms. The standard InChI is InChI=1S/C17H32/c1-3-5-7-9-11-13-15-17-16-14-12-10-8-6-4-2/h9,11H,1-8,10,12-17H2/b11-9+. The van der Waals surface area contributed by atoms with Crippen molar-refractivity contribution in [2.24, 2.45) is 0 Å². The molecule has 0 unspecified atom stereocenters. The lowest BCUT2D eigenvalue weighted by atomic mass is 10.1. The summed E-state index contributed by atoms with van der Waals surface area (Å²) in [6, 6.07) is 0. The number of unbranched alkanes of at least 4 members (excludes halogenated alkanes) is 11. The Labute approximate surface area is 110 Å². The molecule has 0 heterocycles. The Morgan fingerprint density at radius 2 is 0.882 bits per heavy atom. The quantitative estimate of drug-likeness (QED) is 0.261. The van der Waals surface area contributed by atoms with Gasteiger partial charge in [-0.25, -0.2) is 0 Å². The predicted molar refractivity (Wildman–Crippen MR) is 79.9 cm³/mol. The van der Waals surface area contributed by atoms with Crippen LogP contribution >= 0.6 is 0 Å². The molecule has 0 saturated carbocycles. The third-order valence-corrected chi connectivity index (χ3v) is 3.16. The molecule has 0 aromatic carbocycles. The second-order valence-corrected chi connectivity index (χ2v) is 4.94. The van der Waals surface area contributed by atoms with Gasteiger partial charge in [-0.1, -0.05) is 83.8 Å². The zero-order valence-electron chi connectivity index (χ0n) is 11.8. The molecule has 0 heteroatoms. The average molecular weight is 236 g/mol. The summed E-state index contributed by atoms with van der Waals surface area (Å²) in [7, 11) is 0. The van der Waals surface area contributed by atoms with Crippen LogP contribution in [0.1, 0.15) is 83.5 Å². The highest BCUT2D eigenvalue weighted by molar-refractivity contribution is 4.81. The van der Waals surface area contributed by atoms with Crippen LogP contribution in [0, 0.1) is 13.8 Å². The normalized spacial score (nSPS) is 11.4. The number of hydrogen-bond acceptors (Lipinski definition) is 0. The molecule has 0 aliphatic heterocycles. The summed E-state index contributed by atoms with van der Waals surface area (Å²) in [5, 5.41) is 0. The van der Waals surface area contributed by atoms with Crippen molar-refractivity contribution in [2.45, 2.75) is 83.5 Å². The molecule has 0 saturated heterocycles. The van der Waals surface area contributed by atoms with Gasteiger partial charge in [0.1, 0.15) is 0 Å². The number of allylic oxidation sites excluding steroid dienone is 2. The van der Waals surface area contributed by atoms with E-state index in [2.05, 4.69) is 26.0 Å². The Kier molecular flexibility index (Phi) is 15.5. The summed E-state index contributed by atoms with van der Waals surface area (Å²) in [6.07, 6.45) is 21.8. The monoisotopic (exact) mass is 236 g/mol. The van der Waals surface area contributed by atoms with E-state index in [0.29, 0.717) is 0 Å². The van der Waals surface area contributed by atoms with Crippen LogP contribution in [0.3, 0.4) is 0 Å². The fraction of sp³-hybridized carbons (Fsp3) is 0.765. The fourth-order valence-corrected chi connectivity index (χ4v) is 2.00. The molecule has 0 spiro atoms. The second kappa shape index (κ2) is 15.7. The highest BCUT2D eigenvalue weighted by atomic mass is 14.0. The van der Waals surface area contributed by atoms with Gasteiger partial charge in [0.25, 0.3) is 0 Å². The van der Waals surface area contributed by atoms with Gasteiger partial charge in [0, 0.05) is 0 Å². The van der Waals surface area contributed by atoms with Crippen molar-refractivity contribution in [3.63, 3.8) is 0 Å². The molecule has 0 aliphatic rings. The molecule has 0 amide bonds. The third kappa shape index (κ3) is 15.7. The Balaban J connectivity index is 2.96. The van der Waals surface area contributed by atoms with Crippen LogP contribution in [-0.2, 0) is 0 Å². The molecule has 0 N–H and O–H groups in total. The van der Waals surface area contributed by atoms with Gasteiger partial charge in [0.05, 0.1) is 0 Å². The molecule has 0 aromatic heterocycles. The van der Waals surface area contributed by atoms with Crippen molar-refractivity contribution in [3.05, 3.63) is 26.0 Å². The van der Waals surface area contributed by atoms with E-state index >= 15 is 0 Å². The Hall–Kier alpha value is -0.260. The number of rotatable bonds is 13. The van der Waals surface area contributed by atoms with E-state index in [1.807, 2.05) is 0 Å². The topological polar surface area (TPSA) is 0 Å². The third-order valence-electron chi connectivity index (χ3n) is 3.16. The van der Waals surface area contributed by atoms with Crippen LogP contribution < -0.4 is 0 Å². The van der Waals surface area contributed by atoms with Gasteiger partial charge in [-0.15, -0.1) is 0 Å². The van der Waals surface area contributed by atoms with Crippen LogP contribution in [0.5, 0.6) is 0 Å². The highest BCUT2D eigenvalue weighted by Gasteiger charge is 1.91. The highest BCUT2D eigenvalue weighted by Crippen LogP contribution is 2.10. The molecule has 0 nitrogen and oxygen atoms in total. The smallest absolute Gasteiger partial charge is 0.0351 e. The summed E-state index contributed by atoms with van der Waals surface area (Å²) >= 11 is 0. The maximum atomic E-state index is 3.87. The zero-order chi connectivity index (χ0) is 12.6. The average Bonchev–Trinajstić information content (AvgIpc) is 2.35. The molecule has 2 radical (unpaired) electrons. The fourth-order valence-electron chi connectivity index (χ4n) is 2.00. The maximum Gasteiger partial charge on any atom is -0.0351 e. The van der Waals surface area contributed by atoms with Gasteiger partial charge in [-0.3, -0.25) is 0 Å². The summed E-state index contributed by atoms with van der Waals surface area (Å²) in [6.45, 7) is 7.71. The molecule has 0 rings (SSSR count). The van der Waals surface area contributed by atoms with E-state index in [4.69, 9.17) is 0 Å². The van der Waals surface area contributed by atoms with Gasteiger partial charge in [-0.2, -0.15) is 0 Å². The van der Waals surface area contributed by atoms with E-state index in [-0.39, 0.29) is 0 Å². The van der Waals surface area contributed by atoms with Gasteiger partial charge >= 0.3 is 0 Å². The van der Waals surface area contributed by atoms with Crippen LogP contribution in [-0.4, -0.2) is 0 Å². The molecule has 0 atom stereocenters. The molecule has 0 aliphatic carbocycles. The molecule has 0 fully saturated rings. The van der Waals surface area contributed by atoms with Crippen molar-refractivity contribution in [2.75, 3.05) is 0 Å². The van der Waals surface area contributed by atoms with Crippen LogP contribution in [0.15, 0.2) is 12.2 Å². The first kappa shape index (κ1) is 16.7. The Morgan fingerprint density at radius 3 is 1.41 bits per heavy atom. The summed E-state index contributed by atoms with van der Waals surface area (Å²) in [5.74, 6) is 0. The first-order chi connectivity index (χ1) is 8.41. The van der Waals surface area contributed by atoms with Crippen LogP contribution in [0.4, 0.5) is 0 Å². The zero-order valence-corrected chi connectivity index (χ0v) is 11.8.